The standard InChI is InChI=1S/C12H10N4O/c1-2-6-16-10(3-1)9(7-13-16)12-14-11(15-17-12)8-4-5-8/h1-3,6-8H,4-5H2. The van der Waals surface area contributed by atoms with Crippen LogP contribution < -0.4 is 0 Å². The molecule has 0 aromatic carbocycles. The van der Waals surface area contributed by atoms with Gasteiger partial charge in [-0.05, 0) is 25.0 Å². The Morgan fingerprint density at radius 1 is 1.29 bits per heavy atom. The molecule has 0 N–H and O–H groups in total. The van der Waals surface area contributed by atoms with Crippen molar-refractivity contribution in [3.8, 4) is 11.5 Å². The number of aromatic nitrogens is 4. The van der Waals surface area contributed by atoms with E-state index in [2.05, 4.69) is 15.2 Å². The van der Waals surface area contributed by atoms with E-state index >= 15 is 0 Å². The summed E-state index contributed by atoms with van der Waals surface area (Å²) >= 11 is 0. The van der Waals surface area contributed by atoms with Gasteiger partial charge in [-0.1, -0.05) is 11.2 Å². The second-order valence-corrected chi connectivity index (χ2v) is 4.32. The predicted octanol–water partition coefficient (Wildman–Crippen LogP) is 2.26. The number of pyridine rings is 1. The van der Waals surface area contributed by atoms with Crippen LogP contribution in [-0.4, -0.2) is 19.8 Å². The minimum absolute atomic E-state index is 0.509. The van der Waals surface area contributed by atoms with Crippen molar-refractivity contribution in [2.24, 2.45) is 0 Å². The van der Waals surface area contributed by atoms with E-state index in [-0.39, 0.29) is 0 Å². The van der Waals surface area contributed by atoms with Gasteiger partial charge in [-0.15, -0.1) is 0 Å². The average Bonchev–Trinajstić information content (AvgIpc) is 2.95. The molecule has 1 saturated carbocycles. The second kappa shape index (κ2) is 3.16. The molecular weight excluding hydrogens is 216 g/mol. The molecule has 1 aliphatic carbocycles. The van der Waals surface area contributed by atoms with Crippen LogP contribution >= 0.6 is 0 Å². The molecule has 0 unspecified atom stereocenters. The van der Waals surface area contributed by atoms with E-state index in [9.17, 15) is 0 Å². The lowest BCUT2D eigenvalue weighted by atomic mass is 10.2. The highest BCUT2D eigenvalue weighted by atomic mass is 16.5. The summed E-state index contributed by atoms with van der Waals surface area (Å²) in [6.07, 6.45) is 6.01. The Kier molecular flexibility index (Phi) is 1.66. The van der Waals surface area contributed by atoms with Crippen molar-refractivity contribution in [3.05, 3.63) is 36.4 Å². The van der Waals surface area contributed by atoms with Crippen molar-refractivity contribution < 1.29 is 4.52 Å². The van der Waals surface area contributed by atoms with Gasteiger partial charge in [0.2, 0.25) is 0 Å². The molecule has 4 rings (SSSR count). The number of nitrogens with zero attached hydrogens (tertiary/aromatic N) is 4. The summed E-state index contributed by atoms with van der Waals surface area (Å²) in [6, 6.07) is 5.90. The summed E-state index contributed by atoms with van der Waals surface area (Å²) in [7, 11) is 0. The van der Waals surface area contributed by atoms with Crippen LogP contribution in [0.1, 0.15) is 24.6 Å². The van der Waals surface area contributed by atoms with E-state index in [0.717, 1.165) is 16.9 Å². The Labute approximate surface area is 97.1 Å². The van der Waals surface area contributed by atoms with Gasteiger partial charge in [-0.3, -0.25) is 0 Å². The lowest BCUT2D eigenvalue weighted by Gasteiger charge is -1.91. The van der Waals surface area contributed by atoms with Crippen molar-refractivity contribution in [1.82, 2.24) is 19.8 Å². The lowest BCUT2D eigenvalue weighted by molar-refractivity contribution is 0.423. The molecule has 0 aliphatic heterocycles. The minimum Gasteiger partial charge on any atom is -0.334 e. The first-order chi connectivity index (χ1) is 8.42. The molecule has 5 heteroatoms. The van der Waals surface area contributed by atoms with E-state index in [0.29, 0.717) is 11.8 Å². The maximum Gasteiger partial charge on any atom is 0.261 e. The molecule has 0 atom stereocenters. The van der Waals surface area contributed by atoms with Gasteiger partial charge in [0.05, 0.1) is 17.3 Å². The summed E-state index contributed by atoms with van der Waals surface area (Å²) < 4.78 is 7.11. The molecule has 17 heavy (non-hydrogen) atoms. The monoisotopic (exact) mass is 226 g/mol. The molecular formula is C12H10N4O. The third kappa shape index (κ3) is 1.35. The third-order valence-corrected chi connectivity index (χ3v) is 3.04. The average molecular weight is 226 g/mol. The van der Waals surface area contributed by atoms with Gasteiger partial charge in [0.25, 0.3) is 5.89 Å². The molecule has 3 aromatic heterocycles. The van der Waals surface area contributed by atoms with Crippen molar-refractivity contribution in [1.29, 1.82) is 0 Å². The summed E-state index contributed by atoms with van der Waals surface area (Å²) in [5.74, 6) is 1.90. The smallest absolute Gasteiger partial charge is 0.261 e. The maximum atomic E-state index is 5.30. The molecule has 84 valence electrons. The topological polar surface area (TPSA) is 56.2 Å². The SMILES string of the molecule is c1ccn2ncc(-c3nc(C4CC4)no3)c2c1. The van der Waals surface area contributed by atoms with Gasteiger partial charge in [-0.25, -0.2) is 4.52 Å². The zero-order valence-corrected chi connectivity index (χ0v) is 9.08. The quantitative estimate of drug-likeness (QED) is 0.672. The zero-order valence-electron chi connectivity index (χ0n) is 9.08. The molecule has 0 spiro atoms. The second-order valence-electron chi connectivity index (χ2n) is 4.32. The third-order valence-electron chi connectivity index (χ3n) is 3.04. The van der Waals surface area contributed by atoms with Crippen molar-refractivity contribution in [2.75, 3.05) is 0 Å². The molecule has 1 aliphatic rings. The number of hydrogen-bond acceptors (Lipinski definition) is 4. The Bertz CT molecular complexity index is 680. The van der Waals surface area contributed by atoms with Crippen LogP contribution in [0.4, 0.5) is 0 Å². The number of fused-ring (bicyclic) bond motifs is 1. The summed E-state index contributed by atoms with van der Waals surface area (Å²) in [5.41, 5.74) is 1.88. The van der Waals surface area contributed by atoms with Gasteiger partial charge in [0, 0.05) is 12.1 Å². The normalized spacial score (nSPS) is 15.5. The van der Waals surface area contributed by atoms with Crippen molar-refractivity contribution >= 4 is 5.52 Å². The highest BCUT2D eigenvalue weighted by Gasteiger charge is 2.29. The highest BCUT2D eigenvalue weighted by molar-refractivity contribution is 5.74. The van der Waals surface area contributed by atoms with Crippen LogP contribution in [-0.2, 0) is 0 Å². The summed E-state index contributed by atoms with van der Waals surface area (Å²) in [6.45, 7) is 0. The van der Waals surface area contributed by atoms with E-state index in [1.807, 2.05) is 24.4 Å². The fraction of sp³-hybridized carbons (Fsp3) is 0.250. The van der Waals surface area contributed by atoms with Crippen LogP contribution in [0.2, 0.25) is 0 Å². The number of rotatable bonds is 2. The van der Waals surface area contributed by atoms with Gasteiger partial charge in [0.1, 0.15) is 0 Å². The van der Waals surface area contributed by atoms with Gasteiger partial charge >= 0.3 is 0 Å². The Hall–Kier alpha value is -2.17. The molecule has 0 radical (unpaired) electrons. The van der Waals surface area contributed by atoms with Crippen LogP contribution in [0.25, 0.3) is 17.0 Å². The lowest BCUT2D eigenvalue weighted by Crippen LogP contribution is -1.84. The first-order valence-electron chi connectivity index (χ1n) is 5.68. The van der Waals surface area contributed by atoms with Crippen LogP contribution in [0, 0.1) is 0 Å². The van der Waals surface area contributed by atoms with Crippen LogP contribution in [0.15, 0.2) is 35.1 Å². The molecule has 0 saturated heterocycles. The van der Waals surface area contributed by atoms with Crippen molar-refractivity contribution in [3.63, 3.8) is 0 Å². The first kappa shape index (κ1) is 8.92. The molecule has 0 amide bonds. The van der Waals surface area contributed by atoms with E-state index < -0.39 is 0 Å². The van der Waals surface area contributed by atoms with Crippen LogP contribution in [0.5, 0.6) is 0 Å². The van der Waals surface area contributed by atoms with E-state index in [4.69, 9.17) is 4.52 Å². The molecule has 5 nitrogen and oxygen atoms in total. The summed E-state index contributed by atoms with van der Waals surface area (Å²) in [5, 5.41) is 8.27. The Balaban J connectivity index is 1.86. The molecule has 0 bridgehead atoms. The fourth-order valence-electron chi connectivity index (χ4n) is 1.95. The number of hydrogen-bond donors (Lipinski definition) is 0. The van der Waals surface area contributed by atoms with Crippen LogP contribution in [0.3, 0.4) is 0 Å². The Morgan fingerprint density at radius 3 is 3.12 bits per heavy atom. The minimum atomic E-state index is 0.509. The van der Waals surface area contributed by atoms with Gasteiger partial charge in [-0.2, -0.15) is 10.1 Å². The Morgan fingerprint density at radius 2 is 2.24 bits per heavy atom. The molecule has 3 aromatic rings. The fourth-order valence-corrected chi connectivity index (χ4v) is 1.95. The zero-order chi connectivity index (χ0) is 11.2. The predicted molar refractivity (Wildman–Crippen MR) is 60.5 cm³/mol. The highest BCUT2D eigenvalue weighted by Crippen LogP contribution is 2.39. The van der Waals surface area contributed by atoms with Crippen molar-refractivity contribution in [2.45, 2.75) is 18.8 Å². The van der Waals surface area contributed by atoms with E-state index in [1.54, 1.807) is 10.7 Å². The maximum absolute atomic E-state index is 5.30. The van der Waals surface area contributed by atoms with Gasteiger partial charge < -0.3 is 4.52 Å². The van der Waals surface area contributed by atoms with E-state index in [1.165, 1.54) is 12.8 Å². The van der Waals surface area contributed by atoms with Gasteiger partial charge in [0.15, 0.2) is 5.82 Å². The molecule has 3 heterocycles. The largest absolute Gasteiger partial charge is 0.334 e. The molecule has 1 fully saturated rings. The summed E-state index contributed by atoms with van der Waals surface area (Å²) in [4.78, 5) is 4.43. The first-order valence-corrected chi connectivity index (χ1v) is 5.68.